The van der Waals surface area contributed by atoms with E-state index in [0.717, 1.165) is 0 Å². The molecule has 0 heterocycles. The minimum absolute atomic E-state index is 0. The molecule has 14 heavy (non-hydrogen) atoms. The van der Waals surface area contributed by atoms with Crippen LogP contribution in [0.2, 0.25) is 0 Å². The second-order valence-corrected chi connectivity index (χ2v) is 4.39. The van der Waals surface area contributed by atoms with Crippen molar-refractivity contribution in [1.82, 2.24) is 0 Å². The van der Waals surface area contributed by atoms with E-state index in [1.165, 1.54) is 0 Å². The van der Waals surface area contributed by atoms with Gasteiger partial charge in [-0.05, 0) is 27.7 Å². The van der Waals surface area contributed by atoms with Crippen LogP contribution in [0.25, 0.3) is 0 Å². The molecule has 0 atom stereocenters. The maximum atomic E-state index is 5.42. The Bertz CT molecular complexity index is 96.4. The molecule has 0 aliphatic heterocycles. The van der Waals surface area contributed by atoms with Crippen molar-refractivity contribution in [1.29, 1.82) is 0 Å². The Labute approximate surface area is 103 Å². The zero-order valence-electron chi connectivity index (χ0n) is 9.46. The minimum atomic E-state index is -2.80. The van der Waals surface area contributed by atoms with Gasteiger partial charge in [0.05, 0.1) is 0 Å². The van der Waals surface area contributed by atoms with Crippen molar-refractivity contribution in [2.75, 3.05) is 26.4 Å². The van der Waals surface area contributed by atoms with E-state index in [-0.39, 0.29) is 21.7 Å². The Morgan fingerprint density at radius 3 is 1.00 bits per heavy atom. The van der Waals surface area contributed by atoms with Gasteiger partial charge in [-0.3, -0.25) is 0 Å². The summed E-state index contributed by atoms with van der Waals surface area (Å²) < 4.78 is 21.7. The van der Waals surface area contributed by atoms with E-state index in [1.54, 1.807) is 0 Å². The molecule has 0 N–H and O–H groups in total. The summed E-state index contributed by atoms with van der Waals surface area (Å²) in [6.07, 6.45) is 0. The molecule has 0 unspecified atom stereocenters. The predicted octanol–water partition coefficient (Wildman–Crippen LogP) is 1.57. The summed E-state index contributed by atoms with van der Waals surface area (Å²) in [6.45, 7) is 9.80. The zero-order chi connectivity index (χ0) is 10.2. The maximum Gasteiger partial charge on any atom is 0.679 e. The Morgan fingerprint density at radius 2 is 0.857 bits per heavy atom. The van der Waals surface area contributed by atoms with Crippen LogP contribution in [0.1, 0.15) is 27.7 Å². The van der Waals surface area contributed by atoms with Gasteiger partial charge in [0, 0.05) is 48.1 Å². The molecule has 0 bridgehead atoms. The van der Waals surface area contributed by atoms with Gasteiger partial charge in [-0.25, -0.2) is 0 Å². The average molecular weight is 256 g/mol. The molecule has 0 aromatic heterocycles. The molecule has 0 saturated heterocycles. The maximum absolute atomic E-state index is 5.42. The summed E-state index contributed by atoms with van der Waals surface area (Å²) in [6, 6.07) is 0. The van der Waals surface area contributed by atoms with Crippen molar-refractivity contribution >= 4 is 9.05 Å². The van der Waals surface area contributed by atoms with Crippen LogP contribution in [-0.2, 0) is 39.4 Å². The molecule has 4 nitrogen and oxygen atoms in total. The smallest absolute Gasteiger partial charge is 0.351 e. The predicted molar refractivity (Wildman–Crippen MR) is 52.3 cm³/mol. The fourth-order valence-corrected chi connectivity index (χ4v) is 2.87. The average Bonchev–Trinajstić information content (AvgIpc) is 2.06. The molecule has 0 rings (SSSR count). The van der Waals surface area contributed by atoms with Crippen LogP contribution in [-0.4, -0.2) is 35.5 Å². The second-order valence-electron chi connectivity index (χ2n) is 2.23. The van der Waals surface area contributed by atoms with Gasteiger partial charge in [0.1, 0.15) is 0 Å². The first kappa shape index (κ1) is 17.2. The van der Waals surface area contributed by atoms with Gasteiger partial charge in [0.2, 0.25) is 0 Å². The summed E-state index contributed by atoms with van der Waals surface area (Å²) >= 11 is 0. The second kappa shape index (κ2) is 10.3. The van der Waals surface area contributed by atoms with Crippen LogP contribution in [0.4, 0.5) is 0 Å². The monoisotopic (exact) mass is 256 g/mol. The van der Waals surface area contributed by atoms with Crippen molar-refractivity contribution in [3.8, 4) is 0 Å². The first-order valence-electron chi connectivity index (χ1n) is 4.80. The van der Waals surface area contributed by atoms with Crippen molar-refractivity contribution in [2.24, 2.45) is 0 Å². The molecule has 0 aliphatic carbocycles. The number of hydrogen-bond donors (Lipinski definition) is 0. The van der Waals surface area contributed by atoms with E-state index in [1.807, 2.05) is 27.7 Å². The third-order valence-corrected chi connectivity index (χ3v) is 3.85. The van der Waals surface area contributed by atoms with E-state index in [0.29, 0.717) is 26.4 Å². The molecule has 84 valence electrons. The zero-order valence-corrected chi connectivity index (χ0v) is 12.0. The van der Waals surface area contributed by atoms with E-state index in [9.17, 15) is 0 Å². The van der Waals surface area contributed by atoms with Crippen LogP contribution in [0.5, 0.6) is 0 Å². The van der Waals surface area contributed by atoms with Gasteiger partial charge in [0.15, 0.2) is 0 Å². The van der Waals surface area contributed by atoms with Gasteiger partial charge in [-0.1, -0.05) is 0 Å². The Kier molecular flexibility index (Phi) is 12.6. The molecule has 0 aliphatic rings. The molecular formula is C8H20O4SiTi. The van der Waals surface area contributed by atoms with Gasteiger partial charge >= 0.3 is 9.05 Å². The first-order chi connectivity index (χ1) is 6.24. The molecular weight excluding hydrogens is 236 g/mol. The van der Waals surface area contributed by atoms with Gasteiger partial charge < -0.3 is 17.7 Å². The van der Waals surface area contributed by atoms with E-state index in [2.05, 4.69) is 0 Å². The quantitative estimate of drug-likeness (QED) is 0.618. The standard InChI is InChI=1S/C8H20O4Si.Ti/c1-5-9-13(10-6-2,11-7-3)12-8-4;/h5-8H2,1-4H3;. The fraction of sp³-hybridized carbons (Fsp3) is 1.00. The van der Waals surface area contributed by atoms with E-state index < -0.39 is 9.05 Å². The molecule has 0 aromatic rings. The van der Waals surface area contributed by atoms with Crippen molar-refractivity contribution < 1.29 is 39.4 Å². The largest absolute Gasteiger partial charge is 0.679 e. The Morgan fingerprint density at radius 1 is 0.643 bits per heavy atom. The molecule has 0 radical (unpaired) electrons. The van der Waals surface area contributed by atoms with Crippen molar-refractivity contribution in [3.05, 3.63) is 0 Å². The number of hydrogen-bond acceptors (Lipinski definition) is 4. The summed E-state index contributed by atoms with van der Waals surface area (Å²) in [5.74, 6) is 0. The van der Waals surface area contributed by atoms with Gasteiger partial charge in [0.25, 0.3) is 0 Å². The van der Waals surface area contributed by atoms with Crippen LogP contribution < -0.4 is 0 Å². The molecule has 0 spiro atoms. The Balaban J connectivity index is 0. The first-order valence-corrected chi connectivity index (χ1v) is 6.43. The normalized spacial score (nSPS) is 11.1. The molecule has 0 fully saturated rings. The topological polar surface area (TPSA) is 36.9 Å². The minimum Gasteiger partial charge on any atom is -0.351 e. The van der Waals surface area contributed by atoms with Crippen molar-refractivity contribution in [3.63, 3.8) is 0 Å². The third kappa shape index (κ3) is 6.29. The molecule has 0 saturated carbocycles. The van der Waals surface area contributed by atoms with Gasteiger partial charge in [-0.2, -0.15) is 0 Å². The SMILES string of the molecule is CCO[Si](OCC)(OCC)OCC.[Ti]. The molecule has 0 amide bonds. The third-order valence-electron chi connectivity index (χ3n) is 1.28. The van der Waals surface area contributed by atoms with Crippen LogP contribution in [0, 0.1) is 0 Å². The molecule has 6 heteroatoms. The summed E-state index contributed by atoms with van der Waals surface area (Å²) in [4.78, 5) is 0. The Hall–Kier alpha value is 0.771. The molecule has 0 aromatic carbocycles. The van der Waals surface area contributed by atoms with Crippen molar-refractivity contribution in [2.45, 2.75) is 27.7 Å². The van der Waals surface area contributed by atoms with E-state index in [4.69, 9.17) is 17.7 Å². The van der Waals surface area contributed by atoms with Gasteiger partial charge in [-0.15, -0.1) is 0 Å². The van der Waals surface area contributed by atoms with Crippen LogP contribution in [0.3, 0.4) is 0 Å². The number of rotatable bonds is 8. The van der Waals surface area contributed by atoms with Crippen LogP contribution >= 0.6 is 0 Å². The summed E-state index contributed by atoms with van der Waals surface area (Å²) in [5, 5.41) is 0. The van der Waals surface area contributed by atoms with Crippen LogP contribution in [0.15, 0.2) is 0 Å². The van der Waals surface area contributed by atoms with E-state index >= 15 is 0 Å². The summed E-state index contributed by atoms with van der Waals surface area (Å²) in [7, 11) is -2.80. The fourth-order valence-electron chi connectivity index (χ4n) is 0.957. The summed E-state index contributed by atoms with van der Waals surface area (Å²) in [5.41, 5.74) is 0.